The largest absolute Gasteiger partial charge is 0.451 e. The molecule has 0 saturated carbocycles. The summed E-state index contributed by atoms with van der Waals surface area (Å²) in [6.07, 6.45) is 0. The van der Waals surface area contributed by atoms with E-state index in [-0.39, 0.29) is 22.8 Å². The number of nitrogens with one attached hydrogen (secondary N) is 2. The van der Waals surface area contributed by atoms with Crippen LogP contribution in [0.4, 0.5) is 5.69 Å². The monoisotopic (exact) mass is 365 g/mol. The highest BCUT2D eigenvalue weighted by Gasteiger charge is 2.19. The van der Waals surface area contributed by atoms with Crippen molar-refractivity contribution in [2.75, 3.05) is 0 Å². The van der Waals surface area contributed by atoms with Gasteiger partial charge >= 0.3 is 5.91 Å². The van der Waals surface area contributed by atoms with E-state index < -0.39 is 16.7 Å². The Kier molecular flexibility index (Phi) is 4.98. The highest BCUT2D eigenvalue weighted by molar-refractivity contribution is 5.98. The summed E-state index contributed by atoms with van der Waals surface area (Å²) in [6, 6.07) is 15.7. The van der Waals surface area contributed by atoms with Crippen molar-refractivity contribution in [3.05, 3.63) is 87.7 Å². The number of rotatable bonds is 4. The molecule has 0 spiro atoms. The highest BCUT2D eigenvalue weighted by atomic mass is 16.6. The van der Waals surface area contributed by atoms with Crippen molar-refractivity contribution in [3.63, 3.8) is 0 Å². The van der Waals surface area contributed by atoms with Gasteiger partial charge in [0.15, 0.2) is 5.76 Å². The van der Waals surface area contributed by atoms with Gasteiger partial charge in [0.25, 0.3) is 11.6 Å². The lowest BCUT2D eigenvalue weighted by Gasteiger charge is -2.06. The number of furan rings is 1. The number of aryl methyl sites for hydroxylation is 1. The number of hydrazine groups is 1. The summed E-state index contributed by atoms with van der Waals surface area (Å²) < 4.78 is 5.41. The molecule has 136 valence electrons. The van der Waals surface area contributed by atoms with Crippen LogP contribution in [0.25, 0.3) is 11.3 Å². The zero-order valence-electron chi connectivity index (χ0n) is 14.3. The third-order valence-corrected chi connectivity index (χ3v) is 3.80. The second-order valence-corrected chi connectivity index (χ2v) is 5.71. The normalized spacial score (nSPS) is 10.3. The molecule has 0 atom stereocenters. The number of amides is 2. The molecule has 2 N–H and O–H groups in total. The van der Waals surface area contributed by atoms with Gasteiger partial charge in [-0.3, -0.25) is 30.6 Å². The first kappa shape index (κ1) is 17.9. The van der Waals surface area contributed by atoms with Crippen molar-refractivity contribution < 1.29 is 18.9 Å². The number of nitrogens with zero attached hydrogens (tertiary/aromatic N) is 1. The first-order valence-corrected chi connectivity index (χ1v) is 7.96. The van der Waals surface area contributed by atoms with Gasteiger partial charge in [0, 0.05) is 11.6 Å². The molecular weight excluding hydrogens is 350 g/mol. The Morgan fingerprint density at radius 3 is 2.30 bits per heavy atom. The lowest BCUT2D eigenvalue weighted by atomic mass is 10.1. The molecule has 0 bridgehead atoms. The Bertz CT molecular complexity index is 1010. The van der Waals surface area contributed by atoms with Gasteiger partial charge in [-0.2, -0.15) is 0 Å². The molecule has 0 aliphatic heterocycles. The zero-order chi connectivity index (χ0) is 19.4. The number of nitro groups is 1. The van der Waals surface area contributed by atoms with E-state index in [1.807, 2.05) is 6.92 Å². The highest BCUT2D eigenvalue weighted by Crippen LogP contribution is 2.30. The Hall–Kier alpha value is -3.94. The van der Waals surface area contributed by atoms with Crippen LogP contribution in [0.1, 0.15) is 26.5 Å². The first-order valence-electron chi connectivity index (χ1n) is 7.96. The molecule has 1 aromatic heterocycles. The van der Waals surface area contributed by atoms with E-state index >= 15 is 0 Å². The topological polar surface area (TPSA) is 114 Å². The molecular formula is C19H15N3O5. The number of benzene rings is 2. The van der Waals surface area contributed by atoms with E-state index in [1.165, 1.54) is 24.3 Å². The summed E-state index contributed by atoms with van der Waals surface area (Å²) in [5.74, 6) is -1.07. The number of carbonyl (C=O) groups is 2. The smallest absolute Gasteiger partial charge is 0.305 e. The SMILES string of the molecule is Cc1ccc(C(=O)NNC(=O)c2ccc(-c3ccccc3[N+](=O)[O-])o2)cc1. The summed E-state index contributed by atoms with van der Waals surface area (Å²) in [4.78, 5) is 34.7. The molecule has 2 aromatic carbocycles. The standard InChI is InChI=1S/C19H15N3O5/c1-12-6-8-13(9-7-12)18(23)20-21-19(24)17-11-10-16(27-17)14-4-2-3-5-15(14)22(25)26/h2-11H,1H3,(H,20,23)(H,21,24). The van der Waals surface area contributed by atoms with Gasteiger partial charge < -0.3 is 4.42 Å². The number of para-hydroxylation sites is 1. The van der Waals surface area contributed by atoms with Crippen molar-refractivity contribution in [1.29, 1.82) is 0 Å². The quantitative estimate of drug-likeness (QED) is 0.544. The van der Waals surface area contributed by atoms with Gasteiger partial charge in [0.2, 0.25) is 0 Å². The minimum Gasteiger partial charge on any atom is -0.451 e. The fourth-order valence-corrected chi connectivity index (χ4v) is 2.40. The van der Waals surface area contributed by atoms with E-state index in [9.17, 15) is 19.7 Å². The summed E-state index contributed by atoms with van der Waals surface area (Å²) in [6.45, 7) is 1.90. The minimum absolute atomic E-state index is 0.0904. The van der Waals surface area contributed by atoms with Gasteiger partial charge in [0.05, 0.1) is 10.5 Å². The number of hydrogen-bond acceptors (Lipinski definition) is 5. The predicted molar refractivity (Wildman–Crippen MR) is 96.9 cm³/mol. The van der Waals surface area contributed by atoms with Crippen molar-refractivity contribution >= 4 is 17.5 Å². The summed E-state index contributed by atoms with van der Waals surface area (Å²) >= 11 is 0. The van der Waals surface area contributed by atoms with Crippen LogP contribution in [-0.4, -0.2) is 16.7 Å². The summed E-state index contributed by atoms with van der Waals surface area (Å²) in [7, 11) is 0. The van der Waals surface area contributed by atoms with E-state index in [1.54, 1.807) is 36.4 Å². The van der Waals surface area contributed by atoms with Gasteiger partial charge in [-0.25, -0.2) is 0 Å². The summed E-state index contributed by atoms with van der Waals surface area (Å²) in [5.41, 5.74) is 6.06. The maximum Gasteiger partial charge on any atom is 0.305 e. The van der Waals surface area contributed by atoms with Crippen LogP contribution in [0.5, 0.6) is 0 Å². The number of carbonyl (C=O) groups excluding carboxylic acids is 2. The Morgan fingerprint density at radius 2 is 1.59 bits per heavy atom. The van der Waals surface area contributed by atoms with Crippen molar-refractivity contribution in [2.45, 2.75) is 6.92 Å². The van der Waals surface area contributed by atoms with E-state index in [2.05, 4.69) is 10.9 Å². The maximum absolute atomic E-state index is 12.1. The molecule has 0 aliphatic carbocycles. The van der Waals surface area contributed by atoms with Crippen molar-refractivity contribution in [3.8, 4) is 11.3 Å². The van der Waals surface area contributed by atoms with Gasteiger partial charge in [0.1, 0.15) is 5.76 Å². The maximum atomic E-state index is 12.1. The molecule has 0 fully saturated rings. The van der Waals surface area contributed by atoms with Crippen molar-refractivity contribution in [2.24, 2.45) is 0 Å². The van der Waals surface area contributed by atoms with Crippen LogP contribution < -0.4 is 10.9 Å². The van der Waals surface area contributed by atoms with E-state index in [0.717, 1.165) is 5.56 Å². The lowest BCUT2D eigenvalue weighted by molar-refractivity contribution is -0.384. The average molecular weight is 365 g/mol. The predicted octanol–water partition coefficient (Wildman–Crippen LogP) is 3.24. The fraction of sp³-hybridized carbons (Fsp3) is 0.0526. The molecule has 0 aliphatic rings. The number of hydrogen-bond donors (Lipinski definition) is 2. The van der Waals surface area contributed by atoms with Crippen LogP contribution in [0.3, 0.4) is 0 Å². The Labute approximate surface area is 153 Å². The second kappa shape index (κ2) is 7.52. The Morgan fingerprint density at radius 1 is 0.926 bits per heavy atom. The van der Waals surface area contributed by atoms with Crippen molar-refractivity contribution in [1.82, 2.24) is 10.9 Å². The van der Waals surface area contributed by atoms with Gasteiger partial charge in [-0.1, -0.05) is 29.8 Å². The van der Waals surface area contributed by atoms with Crippen LogP contribution >= 0.6 is 0 Å². The first-order chi connectivity index (χ1) is 13.0. The third-order valence-electron chi connectivity index (χ3n) is 3.80. The molecule has 0 radical (unpaired) electrons. The third kappa shape index (κ3) is 4.01. The lowest BCUT2D eigenvalue weighted by Crippen LogP contribution is -2.41. The summed E-state index contributed by atoms with van der Waals surface area (Å²) in [5, 5.41) is 11.1. The molecule has 1 heterocycles. The molecule has 27 heavy (non-hydrogen) atoms. The van der Waals surface area contributed by atoms with E-state index in [4.69, 9.17) is 4.42 Å². The molecule has 8 heteroatoms. The van der Waals surface area contributed by atoms with E-state index in [0.29, 0.717) is 5.56 Å². The molecule has 0 unspecified atom stereocenters. The molecule has 3 aromatic rings. The molecule has 8 nitrogen and oxygen atoms in total. The molecule has 3 rings (SSSR count). The van der Waals surface area contributed by atoms with Gasteiger partial charge in [-0.15, -0.1) is 0 Å². The second-order valence-electron chi connectivity index (χ2n) is 5.71. The van der Waals surface area contributed by atoms with Gasteiger partial charge in [-0.05, 0) is 37.3 Å². The van der Waals surface area contributed by atoms with Crippen LogP contribution in [0.15, 0.2) is 65.1 Å². The zero-order valence-corrected chi connectivity index (χ0v) is 14.3. The van der Waals surface area contributed by atoms with Crippen LogP contribution in [0.2, 0.25) is 0 Å². The fourth-order valence-electron chi connectivity index (χ4n) is 2.40. The molecule has 2 amide bonds. The average Bonchev–Trinajstić information content (AvgIpc) is 3.16. The Balaban J connectivity index is 1.70. The van der Waals surface area contributed by atoms with Crippen LogP contribution in [-0.2, 0) is 0 Å². The van der Waals surface area contributed by atoms with Crippen LogP contribution in [0, 0.1) is 17.0 Å². The molecule has 0 saturated heterocycles. The minimum atomic E-state index is -0.680. The number of nitro benzene ring substituents is 1.